The second kappa shape index (κ2) is 8.45. The van der Waals surface area contributed by atoms with Gasteiger partial charge in [-0.1, -0.05) is 15.9 Å². The van der Waals surface area contributed by atoms with E-state index in [9.17, 15) is 4.79 Å². The normalized spacial score (nSPS) is 10.4. The van der Waals surface area contributed by atoms with Gasteiger partial charge >= 0.3 is 5.97 Å². The number of hydrogen-bond acceptors (Lipinski definition) is 5. The first-order valence-corrected chi connectivity index (χ1v) is 8.88. The molecule has 0 aromatic heterocycles. The van der Waals surface area contributed by atoms with Crippen LogP contribution in [0.25, 0.3) is 0 Å². The number of rotatable bonds is 6. The number of methoxy groups -OCH3 is 3. The molecule has 140 valence electrons. The summed E-state index contributed by atoms with van der Waals surface area (Å²) in [6, 6.07) is 5.72. The van der Waals surface area contributed by atoms with Gasteiger partial charge in [-0.05, 0) is 43.2 Å². The number of benzene rings is 2. The van der Waals surface area contributed by atoms with Crippen LogP contribution in [0.1, 0.15) is 29.2 Å². The number of aryl methyl sites for hydroxylation is 1. The average molecular weight is 423 g/mol. The zero-order chi connectivity index (χ0) is 19.4. The van der Waals surface area contributed by atoms with Gasteiger partial charge in [-0.15, -0.1) is 0 Å². The molecule has 0 bridgehead atoms. The zero-order valence-electron chi connectivity index (χ0n) is 15.9. The summed E-state index contributed by atoms with van der Waals surface area (Å²) in [5.41, 5.74) is 3.98. The van der Waals surface area contributed by atoms with Crippen molar-refractivity contribution in [2.75, 3.05) is 21.3 Å². The van der Waals surface area contributed by atoms with Crippen LogP contribution in [0, 0.1) is 13.8 Å². The van der Waals surface area contributed by atoms with E-state index in [1.54, 1.807) is 14.2 Å². The highest BCUT2D eigenvalue weighted by Gasteiger charge is 2.23. The predicted octanol–water partition coefficient (Wildman–Crippen LogP) is 4.61. The first-order chi connectivity index (χ1) is 12.3. The molecule has 0 heterocycles. The van der Waals surface area contributed by atoms with Crippen molar-refractivity contribution in [3.8, 4) is 23.0 Å². The van der Waals surface area contributed by atoms with Gasteiger partial charge in [0, 0.05) is 28.9 Å². The Labute approximate surface area is 162 Å². The van der Waals surface area contributed by atoms with Crippen LogP contribution in [-0.2, 0) is 11.2 Å². The van der Waals surface area contributed by atoms with Crippen molar-refractivity contribution < 1.29 is 23.7 Å². The summed E-state index contributed by atoms with van der Waals surface area (Å²) < 4.78 is 22.9. The molecule has 26 heavy (non-hydrogen) atoms. The van der Waals surface area contributed by atoms with E-state index in [4.69, 9.17) is 18.9 Å². The lowest BCUT2D eigenvalue weighted by Crippen LogP contribution is -2.08. The Kier molecular flexibility index (Phi) is 6.53. The molecule has 5 nitrogen and oxygen atoms in total. The van der Waals surface area contributed by atoms with Gasteiger partial charge in [0.05, 0.1) is 21.3 Å². The molecule has 0 aliphatic rings. The molecule has 0 aliphatic heterocycles. The van der Waals surface area contributed by atoms with Crippen molar-refractivity contribution in [2.45, 2.75) is 27.2 Å². The summed E-state index contributed by atoms with van der Waals surface area (Å²) in [5.74, 6) is 1.58. The minimum absolute atomic E-state index is 0.287. The monoisotopic (exact) mass is 422 g/mol. The summed E-state index contributed by atoms with van der Waals surface area (Å²) in [5, 5.41) is 0. The van der Waals surface area contributed by atoms with Crippen molar-refractivity contribution in [1.82, 2.24) is 0 Å². The number of esters is 1. The molecule has 0 saturated carbocycles. The van der Waals surface area contributed by atoms with Crippen molar-refractivity contribution in [1.29, 1.82) is 0 Å². The first kappa shape index (κ1) is 20.1. The van der Waals surface area contributed by atoms with E-state index >= 15 is 0 Å². The van der Waals surface area contributed by atoms with Crippen LogP contribution in [-0.4, -0.2) is 27.3 Å². The van der Waals surface area contributed by atoms with Gasteiger partial charge in [0.2, 0.25) is 5.75 Å². The smallest absolute Gasteiger partial charge is 0.308 e. The van der Waals surface area contributed by atoms with Crippen molar-refractivity contribution in [3.05, 3.63) is 44.9 Å². The second-order valence-electron chi connectivity index (χ2n) is 5.86. The lowest BCUT2D eigenvalue weighted by Gasteiger charge is -2.20. The third-order valence-corrected chi connectivity index (χ3v) is 5.12. The number of carbonyl (C=O) groups is 1. The van der Waals surface area contributed by atoms with Crippen LogP contribution >= 0.6 is 15.9 Å². The Morgan fingerprint density at radius 3 is 2.15 bits per heavy atom. The topological polar surface area (TPSA) is 54.0 Å². The lowest BCUT2D eigenvalue weighted by molar-refractivity contribution is -0.132. The van der Waals surface area contributed by atoms with Crippen LogP contribution in [0.3, 0.4) is 0 Å². The Morgan fingerprint density at radius 1 is 0.962 bits per heavy atom. The fourth-order valence-corrected chi connectivity index (χ4v) is 3.27. The molecule has 2 aromatic carbocycles. The summed E-state index contributed by atoms with van der Waals surface area (Å²) in [7, 11) is 4.73. The molecule has 0 fully saturated rings. The quantitative estimate of drug-likeness (QED) is 0.502. The Balaban J connectivity index is 2.67. The molecule has 0 atom stereocenters. The van der Waals surface area contributed by atoms with Gasteiger partial charge in [-0.2, -0.15) is 0 Å². The molecule has 2 rings (SSSR count). The van der Waals surface area contributed by atoms with Crippen molar-refractivity contribution in [3.63, 3.8) is 0 Å². The molecule has 6 heteroatoms. The summed E-state index contributed by atoms with van der Waals surface area (Å²) in [4.78, 5) is 11.5. The van der Waals surface area contributed by atoms with Crippen LogP contribution < -0.4 is 18.9 Å². The average Bonchev–Trinajstić information content (AvgIpc) is 2.61. The third-order valence-electron chi connectivity index (χ3n) is 4.26. The van der Waals surface area contributed by atoms with Crippen LogP contribution in [0.4, 0.5) is 0 Å². The van der Waals surface area contributed by atoms with Crippen LogP contribution in [0.5, 0.6) is 23.0 Å². The van der Waals surface area contributed by atoms with Gasteiger partial charge in [0.15, 0.2) is 11.5 Å². The lowest BCUT2D eigenvalue weighted by atomic mass is 9.95. The van der Waals surface area contributed by atoms with E-state index in [1.807, 2.05) is 32.0 Å². The summed E-state index contributed by atoms with van der Waals surface area (Å²) >= 11 is 3.57. The number of carbonyl (C=O) groups excluding carboxylic acids is 1. The molecule has 0 unspecified atom stereocenters. The van der Waals surface area contributed by atoms with Gasteiger partial charge in [0.25, 0.3) is 0 Å². The molecule has 0 amide bonds. The van der Waals surface area contributed by atoms with Crippen LogP contribution in [0.15, 0.2) is 22.7 Å². The SMILES string of the molecule is COc1ccc(Br)c(C)c1Cc1c(C)cc(OC)c(OC(C)=O)c1OC. The standard InChI is InChI=1S/C20H23BrO5/c1-11-9-18(24-5)20(26-13(3)22)19(25-6)14(11)10-15-12(2)16(21)7-8-17(15)23-4/h7-9H,10H2,1-6H3. The van der Waals surface area contributed by atoms with Crippen LogP contribution in [0.2, 0.25) is 0 Å². The van der Waals surface area contributed by atoms with E-state index in [0.29, 0.717) is 17.9 Å². The van der Waals surface area contributed by atoms with Gasteiger partial charge in [-0.25, -0.2) is 0 Å². The maximum absolute atomic E-state index is 11.5. The highest BCUT2D eigenvalue weighted by molar-refractivity contribution is 9.10. The third kappa shape index (κ3) is 3.96. The predicted molar refractivity (Wildman–Crippen MR) is 104 cm³/mol. The van der Waals surface area contributed by atoms with Crippen molar-refractivity contribution >= 4 is 21.9 Å². The highest BCUT2D eigenvalue weighted by Crippen LogP contribution is 2.44. The minimum Gasteiger partial charge on any atom is -0.496 e. The fraction of sp³-hybridized carbons (Fsp3) is 0.350. The van der Waals surface area contributed by atoms with E-state index in [2.05, 4.69) is 15.9 Å². The molecular formula is C20H23BrO5. The number of halogens is 1. The van der Waals surface area contributed by atoms with Gasteiger partial charge in [-0.3, -0.25) is 4.79 Å². The molecular weight excluding hydrogens is 400 g/mol. The fourth-order valence-electron chi connectivity index (χ4n) is 2.90. The Morgan fingerprint density at radius 2 is 1.62 bits per heavy atom. The Bertz CT molecular complexity index is 830. The number of hydrogen-bond donors (Lipinski definition) is 0. The largest absolute Gasteiger partial charge is 0.496 e. The van der Waals surface area contributed by atoms with E-state index in [1.165, 1.54) is 14.0 Å². The molecule has 2 aromatic rings. The molecule has 0 spiro atoms. The minimum atomic E-state index is -0.437. The molecule has 0 N–H and O–H groups in total. The number of ether oxygens (including phenoxy) is 4. The van der Waals surface area contributed by atoms with Gasteiger partial charge in [0.1, 0.15) is 5.75 Å². The first-order valence-electron chi connectivity index (χ1n) is 8.08. The van der Waals surface area contributed by atoms with E-state index < -0.39 is 5.97 Å². The molecule has 0 radical (unpaired) electrons. The maximum Gasteiger partial charge on any atom is 0.308 e. The van der Waals surface area contributed by atoms with Crippen molar-refractivity contribution in [2.24, 2.45) is 0 Å². The summed E-state index contributed by atoms with van der Waals surface area (Å²) in [6.07, 6.45) is 0.557. The second-order valence-corrected chi connectivity index (χ2v) is 6.71. The summed E-state index contributed by atoms with van der Waals surface area (Å²) in [6.45, 7) is 5.35. The molecule has 0 saturated heterocycles. The zero-order valence-corrected chi connectivity index (χ0v) is 17.4. The maximum atomic E-state index is 11.5. The van der Waals surface area contributed by atoms with E-state index in [0.717, 1.165) is 32.5 Å². The van der Waals surface area contributed by atoms with E-state index in [-0.39, 0.29) is 5.75 Å². The van der Waals surface area contributed by atoms with Gasteiger partial charge < -0.3 is 18.9 Å². The molecule has 0 aliphatic carbocycles. The Hall–Kier alpha value is -2.21. The highest BCUT2D eigenvalue weighted by atomic mass is 79.9.